The van der Waals surface area contributed by atoms with Crippen molar-refractivity contribution in [1.29, 1.82) is 0 Å². The Morgan fingerprint density at radius 1 is 1.32 bits per heavy atom. The van der Waals surface area contributed by atoms with Crippen LogP contribution in [0.25, 0.3) is 10.8 Å². The number of benzene rings is 1. The number of aldehydes is 1. The summed E-state index contributed by atoms with van der Waals surface area (Å²) in [6, 6.07) is 7.78. The van der Waals surface area contributed by atoms with Crippen LogP contribution < -0.4 is 21.9 Å². The lowest BCUT2D eigenvalue weighted by molar-refractivity contribution is -0.108. The highest BCUT2D eigenvalue weighted by Crippen LogP contribution is 2.27. The number of nitrogens with two attached hydrogens (primary N) is 2. The van der Waals surface area contributed by atoms with E-state index in [4.69, 9.17) is 11.6 Å². The summed E-state index contributed by atoms with van der Waals surface area (Å²) in [4.78, 5) is 30.7. The van der Waals surface area contributed by atoms with E-state index < -0.39 is 17.8 Å². The highest BCUT2D eigenvalue weighted by molar-refractivity contribution is 5.99. The van der Waals surface area contributed by atoms with Crippen LogP contribution in [0, 0.1) is 5.82 Å². The number of fused-ring (bicyclic) bond motifs is 1. The van der Waals surface area contributed by atoms with E-state index in [1.54, 1.807) is 25.4 Å². The van der Waals surface area contributed by atoms with Crippen LogP contribution in [-0.2, 0) is 4.79 Å². The van der Waals surface area contributed by atoms with Gasteiger partial charge in [-0.3, -0.25) is 14.8 Å². The average molecular weight is 382 g/mol. The topological polar surface area (TPSA) is 127 Å². The predicted molar refractivity (Wildman–Crippen MR) is 105 cm³/mol. The van der Waals surface area contributed by atoms with Gasteiger partial charge in [-0.05, 0) is 36.6 Å². The van der Waals surface area contributed by atoms with Gasteiger partial charge in [0.2, 0.25) is 0 Å². The number of carbonyl (C=O) groups is 2. The van der Waals surface area contributed by atoms with Crippen LogP contribution in [0.1, 0.15) is 23.7 Å². The molecule has 2 aromatic heterocycles. The fraction of sp³-hybridized carbons (Fsp3) is 0.158. The zero-order chi connectivity index (χ0) is 20.3. The third-order valence-corrected chi connectivity index (χ3v) is 4.28. The highest BCUT2D eigenvalue weighted by atomic mass is 19.1. The lowest BCUT2D eigenvalue weighted by Crippen LogP contribution is -2.41. The van der Waals surface area contributed by atoms with Crippen molar-refractivity contribution in [3.63, 3.8) is 0 Å². The van der Waals surface area contributed by atoms with E-state index in [1.165, 1.54) is 0 Å². The molecule has 0 aliphatic carbocycles. The summed E-state index contributed by atoms with van der Waals surface area (Å²) in [6.07, 6.45) is 4.17. The number of hydrogen-bond acceptors (Lipinski definition) is 7. The summed E-state index contributed by atoms with van der Waals surface area (Å²) in [5.74, 6) is 4.11. The number of halogens is 1. The molecule has 1 amide bonds. The molecular formula is C19H19FN6O2. The second-order valence-electron chi connectivity index (χ2n) is 6.28. The normalized spacial score (nSPS) is 11.8. The Kier molecular flexibility index (Phi) is 5.46. The van der Waals surface area contributed by atoms with Crippen molar-refractivity contribution in [1.82, 2.24) is 9.97 Å². The van der Waals surface area contributed by atoms with Crippen LogP contribution in [0.4, 0.5) is 21.7 Å². The zero-order valence-electron chi connectivity index (χ0n) is 15.1. The number of nitrogens with zero attached hydrogens (tertiary/aromatic N) is 3. The maximum atomic E-state index is 14.5. The predicted octanol–water partition coefficient (Wildman–Crippen LogP) is 2.27. The number of hydrazine groups is 1. The Morgan fingerprint density at radius 3 is 2.82 bits per heavy atom. The van der Waals surface area contributed by atoms with E-state index in [1.807, 2.05) is 18.2 Å². The van der Waals surface area contributed by atoms with E-state index in [2.05, 4.69) is 15.3 Å². The SMILES string of the molecule is C[C@H](CC=O)N(N)c1nc(Nc2ccc3cnccc3c2)c(C(N)=O)cc1F. The summed E-state index contributed by atoms with van der Waals surface area (Å²) in [7, 11) is 0. The lowest BCUT2D eigenvalue weighted by atomic mass is 10.1. The first-order valence-corrected chi connectivity index (χ1v) is 8.49. The van der Waals surface area contributed by atoms with Crippen molar-refractivity contribution in [2.75, 3.05) is 10.3 Å². The second-order valence-corrected chi connectivity index (χ2v) is 6.28. The Morgan fingerprint density at radius 2 is 2.11 bits per heavy atom. The lowest BCUT2D eigenvalue weighted by Gasteiger charge is -2.25. The molecule has 0 saturated carbocycles. The first kappa shape index (κ1) is 19.2. The number of aromatic nitrogens is 2. The molecule has 2 heterocycles. The van der Waals surface area contributed by atoms with Gasteiger partial charge in [0.15, 0.2) is 11.6 Å². The van der Waals surface area contributed by atoms with Crippen molar-refractivity contribution in [3.8, 4) is 0 Å². The minimum atomic E-state index is -0.838. The van der Waals surface area contributed by atoms with Crippen molar-refractivity contribution in [3.05, 3.63) is 54.1 Å². The Balaban J connectivity index is 2.02. The van der Waals surface area contributed by atoms with Gasteiger partial charge in [-0.25, -0.2) is 15.2 Å². The van der Waals surface area contributed by atoms with Crippen molar-refractivity contribution in [2.45, 2.75) is 19.4 Å². The zero-order valence-corrected chi connectivity index (χ0v) is 15.1. The van der Waals surface area contributed by atoms with Crippen LogP contribution >= 0.6 is 0 Å². The number of nitrogens with one attached hydrogen (secondary N) is 1. The van der Waals surface area contributed by atoms with E-state index in [9.17, 15) is 14.0 Å². The number of anilines is 3. The van der Waals surface area contributed by atoms with Gasteiger partial charge in [0, 0.05) is 29.9 Å². The summed E-state index contributed by atoms with van der Waals surface area (Å²) in [6.45, 7) is 1.65. The molecule has 0 radical (unpaired) electrons. The molecule has 144 valence electrons. The maximum Gasteiger partial charge on any atom is 0.252 e. The molecule has 0 aliphatic rings. The van der Waals surface area contributed by atoms with Gasteiger partial charge in [-0.1, -0.05) is 6.07 Å². The number of primary amides is 1. The number of pyridine rings is 2. The van der Waals surface area contributed by atoms with Crippen LogP contribution in [0.3, 0.4) is 0 Å². The molecule has 9 heteroatoms. The summed E-state index contributed by atoms with van der Waals surface area (Å²) in [5, 5.41) is 5.89. The van der Waals surface area contributed by atoms with E-state index in [-0.39, 0.29) is 23.6 Å². The molecule has 8 nitrogen and oxygen atoms in total. The fourth-order valence-corrected chi connectivity index (χ4v) is 2.70. The molecule has 0 saturated heterocycles. The first-order chi connectivity index (χ1) is 13.4. The van der Waals surface area contributed by atoms with E-state index >= 15 is 0 Å². The molecule has 0 aliphatic heterocycles. The number of rotatable bonds is 7. The molecule has 0 fully saturated rings. The molecular weight excluding hydrogens is 363 g/mol. The standard InChI is InChI=1S/C19H19FN6O2/c1-11(5-7-27)26(22)19-16(20)9-15(17(21)28)18(25-19)24-14-3-2-13-10-23-6-4-12(13)8-14/h2-4,6-11H,5,22H2,1H3,(H2,21,28)(H,24,25)/t11-/m1/s1. The van der Waals surface area contributed by atoms with E-state index in [0.717, 1.165) is 21.8 Å². The molecule has 28 heavy (non-hydrogen) atoms. The molecule has 5 N–H and O–H groups in total. The average Bonchev–Trinajstić information content (AvgIpc) is 2.68. The van der Waals surface area contributed by atoms with Crippen LogP contribution in [-0.4, -0.2) is 28.2 Å². The van der Waals surface area contributed by atoms with Gasteiger partial charge >= 0.3 is 0 Å². The molecule has 1 aromatic carbocycles. The monoisotopic (exact) mass is 382 g/mol. The van der Waals surface area contributed by atoms with E-state index in [0.29, 0.717) is 12.0 Å². The summed E-state index contributed by atoms with van der Waals surface area (Å²) < 4.78 is 14.5. The van der Waals surface area contributed by atoms with Crippen LogP contribution in [0.5, 0.6) is 0 Å². The van der Waals surface area contributed by atoms with Crippen molar-refractivity contribution in [2.24, 2.45) is 11.6 Å². The third kappa shape index (κ3) is 3.89. The fourth-order valence-electron chi connectivity index (χ4n) is 2.70. The molecule has 3 rings (SSSR count). The molecule has 0 bridgehead atoms. The Hall–Kier alpha value is -3.59. The van der Waals surface area contributed by atoms with Gasteiger partial charge in [-0.2, -0.15) is 0 Å². The summed E-state index contributed by atoms with van der Waals surface area (Å²) >= 11 is 0. The van der Waals surface area contributed by atoms with Gasteiger partial charge in [0.25, 0.3) is 5.91 Å². The molecule has 1 atom stereocenters. The highest BCUT2D eigenvalue weighted by Gasteiger charge is 2.21. The number of carbonyl (C=O) groups excluding carboxylic acids is 2. The largest absolute Gasteiger partial charge is 0.365 e. The second kappa shape index (κ2) is 7.97. The Bertz CT molecular complexity index is 1040. The van der Waals surface area contributed by atoms with Crippen LogP contribution in [0.2, 0.25) is 0 Å². The number of amides is 1. The van der Waals surface area contributed by atoms with Gasteiger partial charge in [-0.15, -0.1) is 0 Å². The van der Waals surface area contributed by atoms with Crippen molar-refractivity contribution < 1.29 is 14.0 Å². The quantitative estimate of drug-likeness (QED) is 0.325. The van der Waals surface area contributed by atoms with Crippen LogP contribution in [0.15, 0.2) is 42.7 Å². The number of hydrogen-bond donors (Lipinski definition) is 3. The summed E-state index contributed by atoms with van der Waals surface area (Å²) in [5.41, 5.74) is 5.88. The maximum absolute atomic E-state index is 14.5. The first-order valence-electron chi connectivity index (χ1n) is 8.49. The smallest absolute Gasteiger partial charge is 0.252 e. The van der Waals surface area contributed by atoms with Gasteiger partial charge < -0.3 is 15.8 Å². The van der Waals surface area contributed by atoms with Gasteiger partial charge in [0.05, 0.1) is 11.6 Å². The Labute approximate surface area is 160 Å². The molecule has 0 spiro atoms. The van der Waals surface area contributed by atoms with Crippen molar-refractivity contribution >= 4 is 40.3 Å². The minimum absolute atomic E-state index is 0.0612. The van der Waals surface area contributed by atoms with Gasteiger partial charge in [0.1, 0.15) is 12.1 Å². The third-order valence-electron chi connectivity index (χ3n) is 4.28. The molecule has 0 unspecified atom stereocenters. The molecule has 3 aromatic rings. The minimum Gasteiger partial charge on any atom is -0.365 e.